The first-order valence-corrected chi connectivity index (χ1v) is 11.1. The monoisotopic (exact) mass is 458 g/mol. The van der Waals surface area contributed by atoms with Gasteiger partial charge in [-0.2, -0.15) is 0 Å². The highest BCUT2D eigenvalue weighted by Gasteiger charge is 2.30. The number of hydrogen-bond acceptors (Lipinski definition) is 4. The van der Waals surface area contributed by atoms with Crippen molar-refractivity contribution in [2.24, 2.45) is 0 Å². The summed E-state index contributed by atoms with van der Waals surface area (Å²) in [5.41, 5.74) is 5.24. The molecule has 7 nitrogen and oxygen atoms in total. The zero-order valence-electron chi connectivity index (χ0n) is 18.7. The number of carboxylic acids is 1. The molecule has 34 heavy (non-hydrogen) atoms. The molecule has 4 rings (SSSR count). The average molecular weight is 459 g/mol. The first-order chi connectivity index (χ1) is 16.4. The summed E-state index contributed by atoms with van der Waals surface area (Å²) in [5, 5.41) is 14.2. The van der Waals surface area contributed by atoms with E-state index in [2.05, 4.69) is 22.8 Å². The van der Waals surface area contributed by atoms with E-state index in [-0.39, 0.29) is 18.9 Å². The van der Waals surface area contributed by atoms with Gasteiger partial charge in [-0.1, -0.05) is 78.9 Å². The number of alkyl carbamates (subject to hydrolysis) is 1. The van der Waals surface area contributed by atoms with Gasteiger partial charge in [0.1, 0.15) is 18.7 Å². The Bertz CT molecular complexity index is 1150. The van der Waals surface area contributed by atoms with Gasteiger partial charge >= 0.3 is 12.1 Å². The van der Waals surface area contributed by atoms with Crippen LogP contribution in [0.1, 0.15) is 29.5 Å². The molecule has 3 aromatic rings. The fraction of sp³-hybridized carbons (Fsp3) is 0.222. The summed E-state index contributed by atoms with van der Waals surface area (Å²) in [6, 6.07) is 23.2. The fourth-order valence-electron chi connectivity index (χ4n) is 4.22. The van der Waals surface area contributed by atoms with Gasteiger partial charge in [-0.15, -0.1) is 0 Å². The topological polar surface area (TPSA) is 105 Å². The zero-order chi connectivity index (χ0) is 24.1. The van der Waals surface area contributed by atoms with Gasteiger partial charge in [0, 0.05) is 12.3 Å². The van der Waals surface area contributed by atoms with E-state index in [1.54, 1.807) is 0 Å². The van der Waals surface area contributed by atoms with Crippen LogP contribution in [0.2, 0.25) is 0 Å². The smallest absolute Gasteiger partial charge is 0.407 e. The lowest BCUT2D eigenvalue weighted by atomic mass is 9.98. The summed E-state index contributed by atoms with van der Waals surface area (Å²) in [7, 11) is 0. The molecule has 174 valence electrons. The van der Waals surface area contributed by atoms with Crippen molar-refractivity contribution in [3.8, 4) is 11.1 Å². The number of carbonyl (C=O) groups excluding carboxylic acids is 2. The van der Waals surface area contributed by atoms with Crippen LogP contribution in [-0.2, 0) is 20.7 Å². The van der Waals surface area contributed by atoms with Crippen LogP contribution in [-0.4, -0.2) is 41.8 Å². The first-order valence-electron chi connectivity index (χ1n) is 11.1. The van der Waals surface area contributed by atoms with E-state index in [4.69, 9.17) is 9.84 Å². The predicted molar refractivity (Wildman–Crippen MR) is 127 cm³/mol. The number of rotatable bonds is 8. The summed E-state index contributed by atoms with van der Waals surface area (Å²) >= 11 is 0. The number of hydrogen-bond donors (Lipinski definition) is 3. The summed E-state index contributed by atoms with van der Waals surface area (Å²) in [6.45, 7) is 1.48. The van der Waals surface area contributed by atoms with E-state index in [0.29, 0.717) is 0 Å². The SMILES string of the molecule is C[C@H](NC(=O)C(Cc1ccccc1)NC(=O)OCC1c2ccccc2-c2ccccc21)C(=O)O. The number of aliphatic carboxylic acids is 1. The van der Waals surface area contributed by atoms with Gasteiger partial charge < -0.3 is 20.5 Å². The van der Waals surface area contributed by atoms with Crippen LogP contribution in [0.25, 0.3) is 11.1 Å². The second kappa shape index (κ2) is 10.2. The number of amides is 2. The molecule has 0 bridgehead atoms. The molecule has 0 saturated carbocycles. The van der Waals surface area contributed by atoms with Crippen LogP contribution in [0, 0.1) is 0 Å². The molecule has 3 aromatic carbocycles. The van der Waals surface area contributed by atoms with Crippen LogP contribution in [0.5, 0.6) is 0 Å². The Labute approximate surface area is 197 Å². The normalized spacial score (nSPS) is 13.8. The summed E-state index contributed by atoms with van der Waals surface area (Å²) in [5.74, 6) is -1.85. The van der Waals surface area contributed by atoms with E-state index in [1.165, 1.54) is 6.92 Å². The van der Waals surface area contributed by atoms with Crippen LogP contribution in [0.15, 0.2) is 78.9 Å². The van der Waals surface area contributed by atoms with Crippen molar-refractivity contribution < 1.29 is 24.2 Å². The molecule has 0 radical (unpaired) electrons. The minimum Gasteiger partial charge on any atom is -0.480 e. The van der Waals surface area contributed by atoms with Crippen LogP contribution in [0.3, 0.4) is 0 Å². The summed E-state index contributed by atoms with van der Waals surface area (Å²) < 4.78 is 5.56. The van der Waals surface area contributed by atoms with Gasteiger partial charge in [0.2, 0.25) is 5.91 Å². The Hall–Kier alpha value is -4.13. The fourth-order valence-corrected chi connectivity index (χ4v) is 4.22. The molecule has 0 heterocycles. The molecule has 0 saturated heterocycles. The Morgan fingerprint density at radius 1 is 0.853 bits per heavy atom. The zero-order valence-corrected chi connectivity index (χ0v) is 18.7. The van der Waals surface area contributed by atoms with Crippen molar-refractivity contribution >= 4 is 18.0 Å². The molecular weight excluding hydrogens is 432 g/mol. The molecule has 1 unspecified atom stereocenters. The van der Waals surface area contributed by atoms with E-state index in [0.717, 1.165) is 27.8 Å². The number of nitrogens with one attached hydrogen (secondary N) is 2. The summed E-state index contributed by atoms with van der Waals surface area (Å²) in [4.78, 5) is 36.6. The van der Waals surface area contributed by atoms with E-state index < -0.39 is 30.1 Å². The quantitative estimate of drug-likeness (QED) is 0.477. The highest BCUT2D eigenvalue weighted by molar-refractivity contribution is 5.89. The molecule has 0 fully saturated rings. The third-order valence-electron chi connectivity index (χ3n) is 5.96. The molecule has 0 spiro atoms. The van der Waals surface area contributed by atoms with Crippen molar-refractivity contribution in [1.82, 2.24) is 10.6 Å². The number of ether oxygens (including phenoxy) is 1. The Morgan fingerprint density at radius 3 is 2.00 bits per heavy atom. The first kappa shape index (κ1) is 23.0. The standard InChI is InChI=1S/C27H26N2O5/c1-17(26(31)32)28-25(30)24(15-18-9-3-2-4-10-18)29-27(33)34-16-23-21-13-7-5-11-19(21)20-12-6-8-14-22(20)23/h2-14,17,23-24H,15-16H2,1H3,(H,28,30)(H,29,33)(H,31,32)/t17-,24?/m0/s1. The van der Waals surface area contributed by atoms with Crippen molar-refractivity contribution in [1.29, 1.82) is 0 Å². The molecule has 3 N–H and O–H groups in total. The maximum absolute atomic E-state index is 12.7. The number of carboxylic acid groups (broad SMARTS) is 1. The highest BCUT2D eigenvalue weighted by atomic mass is 16.5. The van der Waals surface area contributed by atoms with Gasteiger partial charge in [-0.3, -0.25) is 9.59 Å². The predicted octanol–water partition coefficient (Wildman–Crippen LogP) is 3.73. The van der Waals surface area contributed by atoms with E-state index >= 15 is 0 Å². The maximum atomic E-state index is 12.7. The van der Waals surface area contributed by atoms with Gasteiger partial charge in [-0.25, -0.2) is 4.79 Å². The number of benzene rings is 3. The van der Waals surface area contributed by atoms with Crippen LogP contribution >= 0.6 is 0 Å². The average Bonchev–Trinajstić information content (AvgIpc) is 3.16. The lowest BCUT2D eigenvalue weighted by Crippen LogP contribution is -2.51. The lowest BCUT2D eigenvalue weighted by molar-refractivity contribution is -0.141. The van der Waals surface area contributed by atoms with Gasteiger partial charge in [0.25, 0.3) is 0 Å². The lowest BCUT2D eigenvalue weighted by Gasteiger charge is -2.21. The molecule has 0 aliphatic heterocycles. The highest BCUT2D eigenvalue weighted by Crippen LogP contribution is 2.44. The molecular formula is C27H26N2O5. The largest absolute Gasteiger partial charge is 0.480 e. The van der Waals surface area contributed by atoms with Gasteiger partial charge in [0.15, 0.2) is 0 Å². The molecule has 1 aliphatic carbocycles. The van der Waals surface area contributed by atoms with Crippen molar-refractivity contribution in [3.63, 3.8) is 0 Å². The number of fused-ring (bicyclic) bond motifs is 3. The van der Waals surface area contributed by atoms with Gasteiger partial charge in [0.05, 0.1) is 0 Å². The van der Waals surface area contributed by atoms with E-state index in [9.17, 15) is 14.4 Å². The molecule has 2 amide bonds. The molecule has 0 aromatic heterocycles. The molecule has 2 atom stereocenters. The number of carbonyl (C=O) groups is 3. The Balaban J connectivity index is 1.45. The van der Waals surface area contributed by atoms with Gasteiger partial charge in [-0.05, 0) is 34.7 Å². The summed E-state index contributed by atoms with van der Waals surface area (Å²) in [6.07, 6.45) is -0.538. The minimum absolute atomic E-state index is 0.105. The van der Waals surface area contributed by atoms with Crippen molar-refractivity contribution in [2.45, 2.75) is 31.3 Å². The Kier molecular flexibility index (Phi) is 6.92. The minimum atomic E-state index is -1.16. The van der Waals surface area contributed by atoms with Crippen LogP contribution < -0.4 is 10.6 Å². The second-order valence-electron chi connectivity index (χ2n) is 8.28. The van der Waals surface area contributed by atoms with Crippen LogP contribution in [0.4, 0.5) is 4.79 Å². The molecule has 7 heteroatoms. The third kappa shape index (κ3) is 5.09. The third-order valence-corrected chi connectivity index (χ3v) is 5.96. The van der Waals surface area contributed by atoms with E-state index in [1.807, 2.05) is 66.7 Å². The van der Waals surface area contributed by atoms with Crippen molar-refractivity contribution in [2.75, 3.05) is 6.61 Å². The second-order valence-corrected chi connectivity index (χ2v) is 8.28. The van der Waals surface area contributed by atoms with Crippen molar-refractivity contribution in [3.05, 3.63) is 95.6 Å². The maximum Gasteiger partial charge on any atom is 0.407 e. The molecule has 1 aliphatic rings. The Morgan fingerprint density at radius 2 is 1.41 bits per heavy atom.